The zero-order valence-corrected chi connectivity index (χ0v) is 16.3. The summed E-state index contributed by atoms with van der Waals surface area (Å²) in [6, 6.07) is 20.8. The van der Waals surface area contributed by atoms with Gasteiger partial charge in [0.1, 0.15) is 0 Å². The Bertz CT molecular complexity index is 998. The molecular weight excluding hydrogens is 352 g/mol. The smallest absolute Gasteiger partial charge is 0.275 e. The van der Waals surface area contributed by atoms with Crippen molar-refractivity contribution >= 4 is 5.91 Å². The average Bonchev–Trinajstić information content (AvgIpc) is 2.69. The van der Waals surface area contributed by atoms with Crippen molar-refractivity contribution in [3.63, 3.8) is 0 Å². The Morgan fingerprint density at radius 2 is 1.68 bits per heavy atom. The van der Waals surface area contributed by atoms with Crippen LogP contribution in [0.4, 0.5) is 0 Å². The van der Waals surface area contributed by atoms with E-state index in [2.05, 4.69) is 10.4 Å². The first-order valence-corrected chi connectivity index (χ1v) is 9.13. The molecule has 0 fully saturated rings. The van der Waals surface area contributed by atoms with Crippen LogP contribution in [0.25, 0.3) is 5.69 Å². The van der Waals surface area contributed by atoms with Crippen LogP contribution in [-0.4, -0.2) is 41.2 Å². The molecule has 1 heterocycles. The number of rotatable bonds is 6. The summed E-state index contributed by atoms with van der Waals surface area (Å²) in [4.78, 5) is 27.1. The number of hydrogen-bond acceptors (Lipinski definition) is 4. The Morgan fingerprint density at radius 1 is 1.07 bits per heavy atom. The van der Waals surface area contributed by atoms with Crippen molar-refractivity contribution < 1.29 is 4.79 Å². The number of carbonyl (C=O) groups is 1. The first-order valence-electron chi connectivity index (χ1n) is 9.13. The molecule has 0 saturated carbocycles. The number of hydrogen-bond donors (Lipinski definition) is 1. The van der Waals surface area contributed by atoms with E-state index in [0.29, 0.717) is 12.2 Å². The summed E-state index contributed by atoms with van der Waals surface area (Å²) in [6.45, 7) is 2.16. The molecule has 0 radical (unpaired) electrons. The molecule has 3 rings (SSSR count). The van der Waals surface area contributed by atoms with E-state index in [1.54, 1.807) is 11.6 Å². The Hall–Kier alpha value is -3.25. The van der Waals surface area contributed by atoms with Gasteiger partial charge < -0.3 is 10.2 Å². The molecule has 6 heteroatoms. The third-order valence-corrected chi connectivity index (χ3v) is 4.59. The van der Waals surface area contributed by atoms with E-state index in [4.69, 9.17) is 0 Å². The number of nitrogens with one attached hydrogen (secondary N) is 1. The minimum absolute atomic E-state index is 0.00746. The first kappa shape index (κ1) is 19.5. The number of para-hydroxylation sites is 1. The molecular formula is C22H24N4O2. The third kappa shape index (κ3) is 4.35. The minimum atomic E-state index is -0.475. The molecule has 0 aliphatic rings. The van der Waals surface area contributed by atoms with Gasteiger partial charge in [-0.1, -0.05) is 48.5 Å². The highest BCUT2D eigenvalue weighted by molar-refractivity contribution is 5.92. The number of benzene rings is 2. The lowest BCUT2D eigenvalue weighted by Crippen LogP contribution is -2.37. The summed E-state index contributed by atoms with van der Waals surface area (Å²) in [5.74, 6) is -0.475. The molecule has 1 aromatic heterocycles. The van der Waals surface area contributed by atoms with Crippen molar-refractivity contribution in [1.82, 2.24) is 20.0 Å². The van der Waals surface area contributed by atoms with Gasteiger partial charge in [0, 0.05) is 18.3 Å². The van der Waals surface area contributed by atoms with Crippen LogP contribution in [0.5, 0.6) is 0 Å². The predicted molar refractivity (Wildman–Crippen MR) is 110 cm³/mol. The van der Waals surface area contributed by atoms with Crippen LogP contribution in [0.1, 0.15) is 27.8 Å². The quantitative estimate of drug-likeness (QED) is 0.718. The van der Waals surface area contributed by atoms with Crippen molar-refractivity contribution in [3.8, 4) is 5.69 Å². The lowest BCUT2D eigenvalue weighted by atomic mass is 10.1. The second-order valence-electron chi connectivity index (χ2n) is 6.85. The molecule has 6 nitrogen and oxygen atoms in total. The molecule has 28 heavy (non-hydrogen) atoms. The average molecular weight is 376 g/mol. The van der Waals surface area contributed by atoms with E-state index in [1.807, 2.05) is 79.7 Å². The zero-order chi connectivity index (χ0) is 20.1. The van der Waals surface area contributed by atoms with Gasteiger partial charge in [-0.3, -0.25) is 9.59 Å². The maximum absolute atomic E-state index is 12.7. The number of carbonyl (C=O) groups excluding carboxylic acids is 1. The van der Waals surface area contributed by atoms with Gasteiger partial charge in [0.2, 0.25) is 5.43 Å². The van der Waals surface area contributed by atoms with Crippen molar-refractivity contribution in [3.05, 3.63) is 93.9 Å². The Labute approximate surface area is 164 Å². The number of nitrogens with zero attached hydrogens (tertiary/aromatic N) is 3. The monoisotopic (exact) mass is 376 g/mol. The molecule has 0 aliphatic heterocycles. The highest BCUT2D eigenvalue weighted by atomic mass is 16.2. The van der Waals surface area contributed by atoms with Crippen LogP contribution in [-0.2, 0) is 0 Å². The van der Waals surface area contributed by atoms with Gasteiger partial charge >= 0.3 is 0 Å². The van der Waals surface area contributed by atoms with Crippen molar-refractivity contribution in [1.29, 1.82) is 0 Å². The fourth-order valence-electron chi connectivity index (χ4n) is 3.08. The molecule has 0 aliphatic carbocycles. The summed E-state index contributed by atoms with van der Waals surface area (Å²) in [7, 11) is 3.91. The SMILES string of the molecule is Cc1cc(=O)c(C(=O)NCC(c2ccccc2)N(C)C)nn1-c1ccccc1. The van der Waals surface area contributed by atoms with Gasteiger partial charge in [-0.15, -0.1) is 0 Å². The molecule has 0 spiro atoms. The van der Waals surface area contributed by atoms with Gasteiger partial charge in [0.15, 0.2) is 5.69 Å². The van der Waals surface area contributed by atoms with E-state index < -0.39 is 5.91 Å². The van der Waals surface area contributed by atoms with Crippen molar-refractivity contribution in [2.45, 2.75) is 13.0 Å². The van der Waals surface area contributed by atoms with Crippen LogP contribution >= 0.6 is 0 Å². The second kappa shape index (κ2) is 8.63. The fraction of sp³-hybridized carbons (Fsp3) is 0.227. The molecule has 2 aromatic carbocycles. The van der Waals surface area contributed by atoms with Crippen molar-refractivity contribution in [2.75, 3.05) is 20.6 Å². The summed E-state index contributed by atoms with van der Waals surface area (Å²) < 4.78 is 1.61. The molecule has 0 saturated heterocycles. The number of aryl methyl sites for hydroxylation is 1. The van der Waals surface area contributed by atoms with E-state index in [9.17, 15) is 9.59 Å². The van der Waals surface area contributed by atoms with Crippen LogP contribution < -0.4 is 10.7 Å². The Balaban J connectivity index is 1.83. The third-order valence-electron chi connectivity index (χ3n) is 4.59. The van der Waals surface area contributed by atoms with Gasteiger partial charge in [0.25, 0.3) is 5.91 Å². The normalized spacial score (nSPS) is 12.0. The first-order chi connectivity index (χ1) is 13.5. The lowest BCUT2D eigenvalue weighted by Gasteiger charge is -2.25. The predicted octanol–water partition coefficient (Wildman–Crippen LogP) is 2.57. The number of aromatic nitrogens is 2. The van der Waals surface area contributed by atoms with Gasteiger partial charge in [-0.25, -0.2) is 4.68 Å². The molecule has 1 atom stereocenters. The molecule has 0 bridgehead atoms. The van der Waals surface area contributed by atoms with Gasteiger partial charge in [-0.05, 0) is 38.7 Å². The maximum Gasteiger partial charge on any atom is 0.275 e. The van der Waals surface area contributed by atoms with Crippen LogP contribution in [0, 0.1) is 6.92 Å². The lowest BCUT2D eigenvalue weighted by molar-refractivity contribution is 0.0934. The Morgan fingerprint density at radius 3 is 2.29 bits per heavy atom. The maximum atomic E-state index is 12.7. The molecule has 144 valence electrons. The fourth-order valence-corrected chi connectivity index (χ4v) is 3.08. The molecule has 3 aromatic rings. The van der Waals surface area contributed by atoms with E-state index in [-0.39, 0.29) is 17.2 Å². The largest absolute Gasteiger partial charge is 0.349 e. The van der Waals surface area contributed by atoms with Gasteiger partial charge in [-0.2, -0.15) is 5.10 Å². The molecule has 1 amide bonds. The van der Waals surface area contributed by atoms with E-state index >= 15 is 0 Å². The topological polar surface area (TPSA) is 67.2 Å². The van der Waals surface area contributed by atoms with E-state index in [0.717, 1.165) is 11.3 Å². The van der Waals surface area contributed by atoms with Crippen LogP contribution in [0.3, 0.4) is 0 Å². The highest BCUT2D eigenvalue weighted by Gasteiger charge is 2.19. The number of likely N-dealkylation sites (N-methyl/N-ethyl adjacent to an activating group) is 1. The zero-order valence-electron chi connectivity index (χ0n) is 16.3. The van der Waals surface area contributed by atoms with E-state index in [1.165, 1.54) is 6.07 Å². The highest BCUT2D eigenvalue weighted by Crippen LogP contribution is 2.16. The standard InChI is InChI=1S/C22H24N4O2/c1-16-14-20(27)21(24-26(16)18-12-8-5-9-13-18)22(28)23-15-19(25(2)3)17-10-6-4-7-11-17/h4-14,19H,15H2,1-3H3,(H,23,28). The summed E-state index contributed by atoms with van der Waals surface area (Å²) in [6.07, 6.45) is 0. The second-order valence-corrected chi connectivity index (χ2v) is 6.85. The van der Waals surface area contributed by atoms with Gasteiger partial charge in [0.05, 0.1) is 11.7 Å². The Kier molecular flexibility index (Phi) is 6.01. The van der Waals surface area contributed by atoms with Crippen LogP contribution in [0.15, 0.2) is 71.5 Å². The molecule has 1 unspecified atom stereocenters. The van der Waals surface area contributed by atoms with Crippen molar-refractivity contribution in [2.24, 2.45) is 0 Å². The summed E-state index contributed by atoms with van der Waals surface area (Å²) in [5, 5.41) is 7.18. The summed E-state index contributed by atoms with van der Waals surface area (Å²) >= 11 is 0. The molecule has 1 N–H and O–H groups in total. The van der Waals surface area contributed by atoms with Crippen LogP contribution in [0.2, 0.25) is 0 Å². The minimum Gasteiger partial charge on any atom is -0.349 e. The summed E-state index contributed by atoms with van der Waals surface area (Å²) in [5.41, 5.74) is 2.06. The number of amides is 1.